The Labute approximate surface area is 162 Å². The molecule has 2 aromatic carbocycles. The van der Waals surface area contributed by atoms with Crippen LogP contribution in [0.2, 0.25) is 0 Å². The van der Waals surface area contributed by atoms with E-state index in [4.69, 9.17) is 9.47 Å². The van der Waals surface area contributed by atoms with Crippen LogP contribution < -0.4 is 4.74 Å². The molecule has 0 spiro atoms. The van der Waals surface area contributed by atoms with Crippen LogP contribution in [0.5, 0.6) is 5.75 Å². The van der Waals surface area contributed by atoms with Crippen molar-refractivity contribution in [3.63, 3.8) is 0 Å². The SMILES string of the molecule is COc1ccc(CN2C(=O)O[C@@H](c3nccs3)[C@@H]2Cc2ccccc2)cc1. The molecule has 3 aromatic rings. The van der Waals surface area contributed by atoms with Gasteiger partial charge in [-0.2, -0.15) is 0 Å². The highest BCUT2D eigenvalue weighted by Crippen LogP contribution is 2.36. The van der Waals surface area contributed by atoms with Crippen molar-refractivity contribution in [2.24, 2.45) is 0 Å². The highest BCUT2D eigenvalue weighted by Gasteiger charge is 2.43. The summed E-state index contributed by atoms with van der Waals surface area (Å²) < 4.78 is 10.9. The number of aromatic nitrogens is 1. The van der Waals surface area contributed by atoms with E-state index in [0.717, 1.165) is 16.3 Å². The molecule has 4 rings (SSSR count). The molecule has 6 heteroatoms. The second-order valence-electron chi connectivity index (χ2n) is 6.41. The van der Waals surface area contributed by atoms with Gasteiger partial charge in [0.25, 0.3) is 0 Å². The molecule has 1 aliphatic rings. The summed E-state index contributed by atoms with van der Waals surface area (Å²) in [7, 11) is 1.64. The summed E-state index contributed by atoms with van der Waals surface area (Å²) >= 11 is 1.52. The monoisotopic (exact) mass is 380 g/mol. The van der Waals surface area contributed by atoms with Crippen LogP contribution in [-0.2, 0) is 17.7 Å². The number of nitrogens with zero attached hydrogens (tertiary/aromatic N) is 2. The minimum absolute atomic E-state index is 0.104. The number of cyclic esters (lactones) is 1. The van der Waals surface area contributed by atoms with Gasteiger partial charge in [-0.3, -0.25) is 4.90 Å². The summed E-state index contributed by atoms with van der Waals surface area (Å²) in [5.41, 5.74) is 2.20. The van der Waals surface area contributed by atoms with Crippen molar-refractivity contribution in [1.82, 2.24) is 9.88 Å². The van der Waals surface area contributed by atoms with Crippen LogP contribution in [0, 0.1) is 0 Å². The predicted molar refractivity (Wildman–Crippen MR) is 104 cm³/mol. The average molecular weight is 380 g/mol. The second kappa shape index (κ2) is 7.80. The molecule has 0 radical (unpaired) electrons. The first kappa shape index (κ1) is 17.5. The van der Waals surface area contributed by atoms with Gasteiger partial charge >= 0.3 is 6.09 Å². The Morgan fingerprint density at radius 3 is 2.56 bits per heavy atom. The third-order valence-corrected chi connectivity index (χ3v) is 5.54. The fourth-order valence-electron chi connectivity index (χ4n) is 3.33. The Kier molecular flexibility index (Phi) is 5.07. The molecule has 2 atom stereocenters. The number of benzene rings is 2. The zero-order chi connectivity index (χ0) is 18.6. The maximum atomic E-state index is 12.7. The van der Waals surface area contributed by atoms with Gasteiger partial charge in [-0.05, 0) is 29.7 Å². The molecule has 0 saturated carbocycles. The predicted octanol–water partition coefficient (Wildman–Crippen LogP) is 4.46. The molecular weight excluding hydrogens is 360 g/mol. The summed E-state index contributed by atoms with van der Waals surface area (Å²) in [4.78, 5) is 18.9. The molecule has 138 valence electrons. The van der Waals surface area contributed by atoms with Gasteiger partial charge in [0.1, 0.15) is 10.8 Å². The van der Waals surface area contributed by atoms with E-state index in [1.807, 2.05) is 47.8 Å². The Morgan fingerprint density at radius 1 is 1.11 bits per heavy atom. The van der Waals surface area contributed by atoms with Gasteiger partial charge < -0.3 is 9.47 Å². The van der Waals surface area contributed by atoms with E-state index in [9.17, 15) is 4.79 Å². The summed E-state index contributed by atoms with van der Waals surface area (Å²) in [6.07, 6.45) is 1.81. The molecule has 1 saturated heterocycles. The molecule has 0 aliphatic carbocycles. The first-order chi connectivity index (χ1) is 13.2. The highest BCUT2D eigenvalue weighted by molar-refractivity contribution is 7.09. The summed E-state index contributed by atoms with van der Waals surface area (Å²) in [5, 5.41) is 2.75. The lowest BCUT2D eigenvalue weighted by Crippen LogP contribution is -2.35. The minimum atomic E-state index is -0.351. The van der Waals surface area contributed by atoms with Crippen LogP contribution in [0.25, 0.3) is 0 Å². The number of carbonyl (C=O) groups is 1. The van der Waals surface area contributed by atoms with E-state index in [1.165, 1.54) is 16.9 Å². The van der Waals surface area contributed by atoms with Gasteiger partial charge in [-0.15, -0.1) is 11.3 Å². The lowest BCUT2D eigenvalue weighted by atomic mass is 10.0. The number of hydrogen-bond donors (Lipinski definition) is 0. The molecular formula is C21H20N2O3S. The van der Waals surface area contributed by atoms with Crippen LogP contribution >= 0.6 is 11.3 Å². The normalized spacial score (nSPS) is 19.1. The van der Waals surface area contributed by atoms with Crippen molar-refractivity contribution in [3.05, 3.63) is 82.3 Å². The molecule has 2 heterocycles. The van der Waals surface area contributed by atoms with E-state index in [1.54, 1.807) is 18.2 Å². The quantitative estimate of drug-likeness (QED) is 0.634. The molecule has 1 fully saturated rings. The third-order valence-electron chi connectivity index (χ3n) is 4.71. The average Bonchev–Trinajstić information content (AvgIpc) is 3.33. The van der Waals surface area contributed by atoms with Crippen molar-refractivity contribution in [2.45, 2.75) is 25.1 Å². The zero-order valence-corrected chi connectivity index (χ0v) is 15.8. The molecule has 1 aromatic heterocycles. The summed E-state index contributed by atoms with van der Waals surface area (Å²) in [5.74, 6) is 0.796. The smallest absolute Gasteiger partial charge is 0.411 e. The number of ether oxygens (including phenoxy) is 2. The molecule has 0 N–H and O–H groups in total. The standard InChI is InChI=1S/C21H20N2O3S/c1-25-17-9-7-16(8-10-17)14-23-18(13-15-5-3-2-4-6-15)19(26-21(23)24)20-22-11-12-27-20/h2-12,18-19H,13-14H2,1H3/t18-,19+/m0/s1. The molecule has 27 heavy (non-hydrogen) atoms. The van der Waals surface area contributed by atoms with E-state index < -0.39 is 0 Å². The number of rotatable bonds is 6. The van der Waals surface area contributed by atoms with Crippen molar-refractivity contribution in [1.29, 1.82) is 0 Å². The number of carbonyl (C=O) groups excluding carboxylic acids is 1. The van der Waals surface area contributed by atoms with Crippen molar-refractivity contribution in [3.8, 4) is 5.75 Å². The van der Waals surface area contributed by atoms with E-state index in [-0.39, 0.29) is 18.2 Å². The largest absolute Gasteiger partial charge is 0.497 e. The highest BCUT2D eigenvalue weighted by atomic mass is 32.1. The number of hydrogen-bond acceptors (Lipinski definition) is 5. The van der Waals surface area contributed by atoms with Crippen molar-refractivity contribution in [2.75, 3.05) is 7.11 Å². The lowest BCUT2D eigenvalue weighted by Gasteiger charge is -2.24. The third kappa shape index (κ3) is 3.80. The first-order valence-electron chi connectivity index (χ1n) is 8.78. The summed E-state index contributed by atoms with van der Waals surface area (Å²) in [6.45, 7) is 0.488. The van der Waals surface area contributed by atoms with Gasteiger partial charge in [0.05, 0.1) is 13.2 Å². The summed E-state index contributed by atoms with van der Waals surface area (Å²) in [6, 6.07) is 17.8. The molecule has 0 unspecified atom stereocenters. The van der Waals surface area contributed by atoms with Crippen LogP contribution in [0.1, 0.15) is 22.2 Å². The minimum Gasteiger partial charge on any atom is -0.497 e. The van der Waals surface area contributed by atoms with Crippen LogP contribution in [0.3, 0.4) is 0 Å². The van der Waals surface area contributed by atoms with Gasteiger partial charge in [0, 0.05) is 18.1 Å². The Hall–Kier alpha value is -2.86. The number of amides is 1. The molecule has 5 nitrogen and oxygen atoms in total. The fourth-order valence-corrected chi connectivity index (χ4v) is 4.05. The first-order valence-corrected chi connectivity index (χ1v) is 9.66. The van der Waals surface area contributed by atoms with E-state index >= 15 is 0 Å². The Bertz CT molecular complexity index is 882. The number of methoxy groups -OCH3 is 1. The molecule has 0 bridgehead atoms. The second-order valence-corrected chi connectivity index (χ2v) is 7.33. The molecule has 1 amide bonds. The van der Waals surface area contributed by atoms with E-state index in [0.29, 0.717) is 13.0 Å². The maximum Gasteiger partial charge on any atom is 0.411 e. The van der Waals surface area contributed by atoms with Gasteiger partial charge in [-0.1, -0.05) is 42.5 Å². The zero-order valence-electron chi connectivity index (χ0n) is 14.9. The topological polar surface area (TPSA) is 51.7 Å². The van der Waals surface area contributed by atoms with Gasteiger partial charge in [-0.25, -0.2) is 9.78 Å². The van der Waals surface area contributed by atoms with Gasteiger partial charge in [0.15, 0.2) is 6.10 Å². The van der Waals surface area contributed by atoms with Crippen molar-refractivity contribution >= 4 is 17.4 Å². The Morgan fingerprint density at radius 2 is 1.89 bits per heavy atom. The number of thiazole rings is 1. The fraction of sp³-hybridized carbons (Fsp3) is 0.238. The Balaban J connectivity index is 1.61. The van der Waals surface area contributed by atoms with Crippen LogP contribution in [-0.4, -0.2) is 29.1 Å². The van der Waals surface area contributed by atoms with Crippen LogP contribution in [0.15, 0.2) is 66.2 Å². The molecule has 1 aliphatic heterocycles. The lowest BCUT2D eigenvalue weighted by molar-refractivity contribution is 0.129. The van der Waals surface area contributed by atoms with E-state index in [2.05, 4.69) is 17.1 Å². The van der Waals surface area contributed by atoms with Crippen molar-refractivity contribution < 1.29 is 14.3 Å². The van der Waals surface area contributed by atoms with Crippen LogP contribution in [0.4, 0.5) is 4.79 Å². The van der Waals surface area contributed by atoms with Gasteiger partial charge in [0.2, 0.25) is 0 Å². The maximum absolute atomic E-state index is 12.7.